The average Bonchev–Trinajstić information content (AvgIpc) is 3.28. The lowest BCUT2D eigenvalue weighted by atomic mass is 9.65. The van der Waals surface area contributed by atoms with Gasteiger partial charge in [0, 0.05) is 34.3 Å². The number of hydrogen-bond acceptors (Lipinski definition) is 2. The number of amides is 1. The normalized spacial score (nSPS) is 25.2. The largest absolute Gasteiger partial charge is 0.416 e. The van der Waals surface area contributed by atoms with Crippen molar-refractivity contribution in [3.05, 3.63) is 107 Å². The Morgan fingerprint density at radius 2 is 1.66 bits per heavy atom. The number of likely N-dealkylation sites (N-methyl/N-ethyl adjacent to an activating group) is 1. The van der Waals surface area contributed by atoms with Crippen LogP contribution >= 0.6 is 0 Å². The third-order valence-corrected chi connectivity index (χ3v) is 9.87. The van der Waals surface area contributed by atoms with Crippen molar-refractivity contribution in [3.63, 3.8) is 0 Å². The number of rotatable bonds is 4. The summed E-state index contributed by atoms with van der Waals surface area (Å²) in [5.74, 6) is -0.611. The van der Waals surface area contributed by atoms with Crippen LogP contribution in [0.1, 0.15) is 63.3 Å². The van der Waals surface area contributed by atoms with E-state index in [0.29, 0.717) is 13.0 Å². The Kier molecular flexibility index (Phi) is 8.99. The molecular formula is C37H44F3N3O. The van der Waals surface area contributed by atoms with Crippen LogP contribution in [0, 0.1) is 5.92 Å². The summed E-state index contributed by atoms with van der Waals surface area (Å²) in [5, 5.41) is 1.17. The molecule has 44 heavy (non-hydrogen) atoms. The van der Waals surface area contributed by atoms with Crippen LogP contribution in [0.15, 0.2) is 90.0 Å². The van der Waals surface area contributed by atoms with Crippen LogP contribution in [0.25, 0.3) is 10.9 Å². The summed E-state index contributed by atoms with van der Waals surface area (Å²) in [4.78, 5) is 22.3. The minimum atomic E-state index is -4.53. The first-order valence-corrected chi connectivity index (χ1v) is 15.8. The molecule has 1 aromatic heterocycles. The van der Waals surface area contributed by atoms with Gasteiger partial charge in [-0.3, -0.25) is 4.79 Å². The minimum absolute atomic E-state index is 0.0890. The Morgan fingerprint density at radius 3 is 2.32 bits per heavy atom. The second-order valence-electron chi connectivity index (χ2n) is 12.5. The Balaban J connectivity index is 0.00000188. The first-order valence-electron chi connectivity index (χ1n) is 15.8. The van der Waals surface area contributed by atoms with Gasteiger partial charge in [0.2, 0.25) is 0 Å². The fourth-order valence-corrected chi connectivity index (χ4v) is 7.46. The van der Waals surface area contributed by atoms with E-state index >= 15 is 0 Å². The fraction of sp³-hybridized carbons (Fsp3) is 0.432. The molecular weight excluding hydrogens is 559 g/mol. The number of para-hydroxylation sites is 1. The van der Waals surface area contributed by atoms with Crippen molar-refractivity contribution in [1.29, 1.82) is 0 Å². The summed E-state index contributed by atoms with van der Waals surface area (Å²) in [7, 11) is 4.26. The van der Waals surface area contributed by atoms with E-state index in [-0.39, 0.29) is 22.9 Å². The monoisotopic (exact) mass is 603 g/mol. The minimum Gasteiger partial charge on any atom is -0.356 e. The molecule has 1 saturated carbocycles. The van der Waals surface area contributed by atoms with Crippen LogP contribution in [-0.4, -0.2) is 53.0 Å². The van der Waals surface area contributed by atoms with Crippen molar-refractivity contribution >= 4 is 16.8 Å². The molecule has 1 fully saturated rings. The molecule has 2 heterocycles. The average molecular weight is 604 g/mol. The lowest BCUT2D eigenvalue weighted by Gasteiger charge is -2.55. The number of nitrogens with zero attached hydrogens (tertiary/aromatic N) is 2. The number of carbonyl (C=O) groups excluding carboxylic acids is 1. The summed E-state index contributed by atoms with van der Waals surface area (Å²) >= 11 is 0. The Bertz CT molecular complexity index is 1570. The predicted octanol–water partition coefficient (Wildman–Crippen LogP) is 8.51. The molecule has 1 N–H and O–H groups in total. The van der Waals surface area contributed by atoms with Crippen molar-refractivity contribution in [2.45, 2.75) is 76.6 Å². The highest BCUT2D eigenvalue weighted by atomic mass is 19.4. The third-order valence-electron chi connectivity index (χ3n) is 9.87. The van der Waals surface area contributed by atoms with Gasteiger partial charge in [-0.1, -0.05) is 87.5 Å². The van der Waals surface area contributed by atoms with Gasteiger partial charge in [0.1, 0.15) is 0 Å². The van der Waals surface area contributed by atoms with Gasteiger partial charge in [-0.05, 0) is 81.8 Å². The Morgan fingerprint density at radius 1 is 1.00 bits per heavy atom. The molecule has 234 valence electrons. The molecule has 0 radical (unpaired) electrons. The molecule has 3 aromatic rings. The maximum atomic E-state index is 14.4. The van der Waals surface area contributed by atoms with Crippen LogP contribution in [0.3, 0.4) is 0 Å². The van der Waals surface area contributed by atoms with Gasteiger partial charge in [-0.2, -0.15) is 13.2 Å². The first kappa shape index (κ1) is 31.8. The molecule has 1 spiro atoms. The van der Waals surface area contributed by atoms with E-state index in [1.54, 1.807) is 6.08 Å². The number of halogens is 3. The molecule has 2 aromatic carbocycles. The Labute approximate surface area is 259 Å². The molecule has 1 aliphatic heterocycles. The van der Waals surface area contributed by atoms with Gasteiger partial charge >= 0.3 is 6.18 Å². The third kappa shape index (κ3) is 5.79. The number of nitrogens with one attached hydrogen (secondary N) is 1. The zero-order chi connectivity index (χ0) is 31.7. The van der Waals surface area contributed by atoms with Crippen molar-refractivity contribution in [1.82, 2.24) is 14.8 Å². The summed E-state index contributed by atoms with van der Waals surface area (Å²) in [6.07, 6.45) is 5.51. The first-order chi connectivity index (χ1) is 21.0. The van der Waals surface area contributed by atoms with E-state index in [9.17, 15) is 18.0 Å². The van der Waals surface area contributed by atoms with Crippen LogP contribution < -0.4 is 0 Å². The zero-order valence-corrected chi connectivity index (χ0v) is 26.5. The number of fused-ring (bicyclic) bond motifs is 4. The highest BCUT2D eigenvalue weighted by molar-refractivity contribution is 5.98. The summed E-state index contributed by atoms with van der Waals surface area (Å²) < 4.78 is 41.6. The molecule has 0 bridgehead atoms. The second kappa shape index (κ2) is 12.4. The maximum Gasteiger partial charge on any atom is 0.416 e. The quantitative estimate of drug-likeness (QED) is 0.325. The number of aromatic amines is 1. The van der Waals surface area contributed by atoms with E-state index in [1.165, 1.54) is 22.6 Å². The molecule has 1 amide bonds. The van der Waals surface area contributed by atoms with Gasteiger partial charge in [0.05, 0.1) is 11.1 Å². The van der Waals surface area contributed by atoms with Gasteiger partial charge in [0.15, 0.2) is 0 Å². The van der Waals surface area contributed by atoms with Gasteiger partial charge in [0.25, 0.3) is 5.91 Å². The molecule has 1 unspecified atom stereocenters. The van der Waals surface area contributed by atoms with Crippen molar-refractivity contribution < 1.29 is 18.0 Å². The molecule has 2 aliphatic carbocycles. The van der Waals surface area contributed by atoms with Crippen LogP contribution in [0.5, 0.6) is 0 Å². The smallest absolute Gasteiger partial charge is 0.356 e. The molecule has 6 rings (SSSR count). The highest BCUT2D eigenvalue weighted by Gasteiger charge is 2.53. The standard InChI is InChI=1S/C35H38F3N3O.C2H6/c1-24-13-14-27(35(36,37)38)22-26(21-24)32(42)41-20-15-29-28-11-7-8-12-30(28)39-31(29)34(41)18-16-33(17-19-34,40(2)3)23-25-9-5-4-6-10-25;1-2/h4-14,21-22,24,39H,15-20,23H2,1-3H3;1-2H3. The maximum absolute atomic E-state index is 14.4. The van der Waals surface area contributed by atoms with E-state index in [0.717, 1.165) is 55.5 Å². The SMILES string of the molecule is CC.CC1C=CC(C(F)(F)F)=CC(C(=O)N2CCc3c([nH]c4ccccc34)C23CCC(Cc2ccccc2)(N(C)C)CC3)=C1. The van der Waals surface area contributed by atoms with Crippen molar-refractivity contribution in [2.75, 3.05) is 20.6 Å². The van der Waals surface area contributed by atoms with E-state index < -0.39 is 17.3 Å². The van der Waals surface area contributed by atoms with E-state index in [1.807, 2.05) is 43.9 Å². The number of alkyl halides is 3. The lowest BCUT2D eigenvalue weighted by molar-refractivity contribution is -0.138. The summed E-state index contributed by atoms with van der Waals surface area (Å²) in [5.41, 5.74) is 3.21. The van der Waals surface area contributed by atoms with Crippen molar-refractivity contribution in [2.24, 2.45) is 5.92 Å². The topological polar surface area (TPSA) is 39.3 Å². The number of carbonyl (C=O) groups is 1. The van der Waals surface area contributed by atoms with Crippen molar-refractivity contribution in [3.8, 4) is 0 Å². The number of benzene rings is 2. The number of aromatic nitrogens is 1. The van der Waals surface area contributed by atoms with Crippen LogP contribution in [0.2, 0.25) is 0 Å². The zero-order valence-electron chi connectivity index (χ0n) is 26.5. The fourth-order valence-electron chi connectivity index (χ4n) is 7.46. The lowest BCUT2D eigenvalue weighted by Crippen LogP contribution is -2.60. The molecule has 4 nitrogen and oxygen atoms in total. The second-order valence-corrected chi connectivity index (χ2v) is 12.5. The summed E-state index contributed by atoms with van der Waals surface area (Å²) in [6.45, 7) is 6.28. The number of hydrogen-bond donors (Lipinski definition) is 1. The van der Waals surface area contributed by atoms with Crippen LogP contribution in [0.4, 0.5) is 13.2 Å². The molecule has 3 aliphatic rings. The van der Waals surface area contributed by atoms with E-state index in [4.69, 9.17) is 0 Å². The van der Waals surface area contributed by atoms with Gasteiger partial charge in [-0.15, -0.1) is 0 Å². The molecule has 0 saturated heterocycles. The Hall–Kier alpha value is -3.58. The molecule has 1 atom stereocenters. The van der Waals surface area contributed by atoms with Gasteiger partial charge in [-0.25, -0.2) is 0 Å². The van der Waals surface area contributed by atoms with Gasteiger partial charge < -0.3 is 14.8 Å². The van der Waals surface area contributed by atoms with E-state index in [2.05, 4.69) is 60.4 Å². The summed E-state index contributed by atoms with van der Waals surface area (Å²) in [6, 6.07) is 18.7. The number of H-pyrrole nitrogens is 1. The molecule has 7 heteroatoms. The van der Waals surface area contributed by atoms with Crippen LogP contribution in [-0.2, 0) is 23.2 Å². The number of allylic oxidation sites excluding steroid dienone is 4. The predicted molar refractivity (Wildman–Crippen MR) is 172 cm³/mol. The highest BCUT2D eigenvalue weighted by Crippen LogP contribution is 2.52.